The SMILES string of the molecule is CCCOC(=O)C(=O)CC(=O)c1cc(Oc2ccc(C(F)(F)F)cc2Cl)ccc1[N+](=O)[O-]. The van der Waals surface area contributed by atoms with Crippen LogP contribution in [-0.4, -0.2) is 29.1 Å². The maximum atomic E-state index is 12.8. The summed E-state index contributed by atoms with van der Waals surface area (Å²) in [6.07, 6.45) is -5.15. The highest BCUT2D eigenvalue weighted by molar-refractivity contribution is 6.38. The lowest BCUT2D eigenvalue weighted by Crippen LogP contribution is -2.21. The minimum Gasteiger partial charge on any atom is -0.460 e. The van der Waals surface area contributed by atoms with E-state index in [1.165, 1.54) is 0 Å². The number of nitro benzene ring substituents is 1. The molecule has 0 amide bonds. The lowest BCUT2D eigenvalue weighted by Gasteiger charge is -2.12. The van der Waals surface area contributed by atoms with Crippen molar-refractivity contribution in [3.63, 3.8) is 0 Å². The summed E-state index contributed by atoms with van der Waals surface area (Å²) in [6, 6.07) is 5.25. The minimum atomic E-state index is -4.63. The number of hydrogen-bond donors (Lipinski definition) is 0. The zero-order valence-electron chi connectivity index (χ0n) is 16.4. The van der Waals surface area contributed by atoms with Crippen LogP contribution >= 0.6 is 11.6 Å². The second kappa shape index (κ2) is 10.2. The number of alkyl halides is 3. The first-order valence-corrected chi connectivity index (χ1v) is 9.38. The Kier molecular flexibility index (Phi) is 7.92. The van der Waals surface area contributed by atoms with Gasteiger partial charge in [-0.3, -0.25) is 19.7 Å². The van der Waals surface area contributed by atoms with Gasteiger partial charge in [0.05, 0.1) is 34.1 Å². The van der Waals surface area contributed by atoms with E-state index >= 15 is 0 Å². The number of halogens is 4. The third kappa shape index (κ3) is 6.27. The molecule has 2 aromatic carbocycles. The van der Waals surface area contributed by atoms with E-state index in [9.17, 15) is 37.7 Å². The number of ether oxygens (including phenoxy) is 2. The van der Waals surface area contributed by atoms with E-state index in [1.54, 1.807) is 6.92 Å². The molecule has 0 bridgehead atoms. The molecule has 0 atom stereocenters. The third-order valence-electron chi connectivity index (χ3n) is 3.94. The first-order valence-electron chi connectivity index (χ1n) is 9.00. The summed E-state index contributed by atoms with van der Waals surface area (Å²) in [4.78, 5) is 46.2. The fourth-order valence-electron chi connectivity index (χ4n) is 2.44. The van der Waals surface area contributed by atoms with Gasteiger partial charge >= 0.3 is 12.1 Å². The number of Topliss-reactive ketones (excluding diaryl/α,β-unsaturated/α-hetero) is 2. The van der Waals surface area contributed by atoms with Crippen LogP contribution in [0.2, 0.25) is 5.02 Å². The van der Waals surface area contributed by atoms with Crippen LogP contribution in [-0.2, 0) is 20.5 Å². The fraction of sp³-hybridized carbons (Fsp3) is 0.250. The average molecular weight is 474 g/mol. The molecular weight excluding hydrogens is 459 g/mol. The van der Waals surface area contributed by atoms with Gasteiger partial charge in [-0.1, -0.05) is 18.5 Å². The van der Waals surface area contributed by atoms with Crippen molar-refractivity contribution >= 4 is 34.8 Å². The standard InChI is InChI=1S/C20H15ClF3NO7/c1-2-7-31-19(28)17(27)10-16(26)13-9-12(4-5-15(13)25(29)30)32-18-6-3-11(8-14(18)21)20(22,23)24/h3-6,8-9H,2,7,10H2,1H3. The minimum absolute atomic E-state index is 0.0316. The molecule has 0 aliphatic carbocycles. The Morgan fingerprint density at radius 3 is 2.38 bits per heavy atom. The number of carbonyl (C=O) groups is 3. The molecule has 0 saturated carbocycles. The molecule has 0 radical (unpaired) electrons. The van der Waals surface area contributed by atoms with Crippen LogP contribution < -0.4 is 4.74 Å². The number of hydrogen-bond acceptors (Lipinski definition) is 7. The van der Waals surface area contributed by atoms with Crippen molar-refractivity contribution in [2.75, 3.05) is 6.61 Å². The molecule has 0 unspecified atom stereocenters. The Bertz CT molecular complexity index is 1070. The van der Waals surface area contributed by atoms with Crippen LogP contribution in [0.1, 0.15) is 35.7 Å². The van der Waals surface area contributed by atoms with Crippen molar-refractivity contribution in [2.45, 2.75) is 25.9 Å². The van der Waals surface area contributed by atoms with Crippen LogP contribution in [0.5, 0.6) is 11.5 Å². The van der Waals surface area contributed by atoms with Gasteiger partial charge < -0.3 is 9.47 Å². The second-order valence-corrected chi connectivity index (χ2v) is 6.75. The topological polar surface area (TPSA) is 113 Å². The van der Waals surface area contributed by atoms with E-state index in [2.05, 4.69) is 4.74 Å². The van der Waals surface area contributed by atoms with Crippen molar-refractivity contribution in [2.24, 2.45) is 0 Å². The molecule has 0 aliphatic heterocycles. The Morgan fingerprint density at radius 1 is 1.12 bits per heavy atom. The molecule has 170 valence electrons. The van der Waals surface area contributed by atoms with Gasteiger partial charge in [0.1, 0.15) is 11.5 Å². The largest absolute Gasteiger partial charge is 0.460 e. The van der Waals surface area contributed by atoms with Crippen LogP contribution in [0.4, 0.5) is 18.9 Å². The number of carbonyl (C=O) groups excluding carboxylic acids is 3. The van der Waals surface area contributed by atoms with Crippen molar-refractivity contribution in [3.8, 4) is 11.5 Å². The van der Waals surface area contributed by atoms with Crippen LogP contribution in [0.3, 0.4) is 0 Å². The molecule has 32 heavy (non-hydrogen) atoms. The van der Waals surface area contributed by atoms with E-state index in [4.69, 9.17) is 16.3 Å². The molecule has 2 aromatic rings. The third-order valence-corrected chi connectivity index (χ3v) is 4.23. The molecule has 0 aliphatic rings. The number of nitro groups is 1. The van der Waals surface area contributed by atoms with Gasteiger partial charge in [0.15, 0.2) is 5.78 Å². The number of nitrogens with zero attached hydrogens (tertiary/aromatic N) is 1. The molecule has 0 fully saturated rings. The zero-order valence-corrected chi connectivity index (χ0v) is 17.2. The first-order chi connectivity index (χ1) is 14.9. The Labute approximate surface area is 184 Å². The Hall–Kier alpha value is -3.47. The summed E-state index contributed by atoms with van der Waals surface area (Å²) < 4.78 is 48.3. The van der Waals surface area contributed by atoms with Crippen molar-refractivity contribution in [1.29, 1.82) is 0 Å². The lowest BCUT2D eigenvalue weighted by molar-refractivity contribution is -0.385. The van der Waals surface area contributed by atoms with E-state index in [0.29, 0.717) is 12.5 Å². The van der Waals surface area contributed by atoms with Gasteiger partial charge in [-0.15, -0.1) is 0 Å². The van der Waals surface area contributed by atoms with Gasteiger partial charge in [-0.2, -0.15) is 13.2 Å². The van der Waals surface area contributed by atoms with Crippen LogP contribution in [0.15, 0.2) is 36.4 Å². The maximum Gasteiger partial charge on any atom is 0.416 e. The van der Waals surface area contributed by atoms with Crippen LogP contribution in [0, 0.1) is 10.1 Å². The van der Waals surface area contributed by atoms with E-state index in [1.807, 2.05) is 0 Å². The smallest absolute Gasteiger partial charge is 0.416 e. The summed E-state index contributed by atoms with van der Waals surface area (Å²) >= 11 is 5.82. The van der Waals surface area contributed by atoms with E-state index in [-0.39, 0.29) is 23.1 Å². The van der Waals surface area contributed by atoms with E-state index in [0.717, 1.165) is 30.3 Å². The summed E-state index contributed by atoms with van der Waals surface area (Å²) in [5.74, 6) is -3.84. The lowest BCUT2D eigenvalue weighted by atomic mass is 10.0. The quantitative estimate of drug-likeness (QED) is 0.123. The van der Waals surface area contributed by atoms with Gasteiger partial charge in [0, 0.05) is 6.07 Å². The van der Waals surface area contributed by atoms with Crippen LogP contribution in [0.25, 0.3) is 0 Å². The summed E-state index contributed by atoms with van der Waals surface area (Å²) in [5, 5.41) is 10.9. The number of rotatable bonds is 9. The predicted molar refractivity (Wildman–Crippen MR) is 105 cm³/mol. The Balaban J connectivity index is 2.30. The zero-order chi connectivity index (χ0) is 24.1. The summed E-state index contributed by atoms with van der Waals surface area (Å²) in [7, 11) is 0. The summed E-state index contributed by atoms with van der Waals surface area (Å²) in [5.41, 5.74) is -2.20. The number of esters is 1. The monoisotopic (exact) mass is 473 g/mol. The fourth-order valence-corrected chi connectivity index (χ4v) is 2.66. The normalized spacial score (nSPS) is 11.0. The number of benzene rings is 2. The van der Waals surface area contributed by atoms with Gasteiger partial charge in [-0.25, -0.2) is 4.79 Å². The first kappa shape index (κ1) is 24.8. The van der Waals surface area contributed by atoms with Gasteiger partial charge in [-0.05, 0) is 36.8 Å². The predicted octanol–water partition coefficient (Wildman–Crippen LogP) is 5.15. The second-order valence-electron chi connectivity index (χ2n) is 6.34. The molecule has 0 heterocycles. The maximum absolute atomic E-state index is 12.8. The van der Waals surface area contributed by atoms with Gasteiger partial charge in [0.25, 0.3) is 5.69 Å². The highest BCUT2D eigenvalue weighted by atomic mass is 35.5. The molecule has 0 N–H and O–H groups in total. The Morgan fingerprint density at radius 2 is 1.81 bits per heavy atom. The number of ketones is 2. The van der Waals surface area contributed by atoms with Crippen molar-refractivity contribution in [3.05, 3.63) is 62.7 Å². The average Bonchev–Trinajstić information content (AvgIpc) is 2.72. The molecule has 0 aromatic heterocycles. The molecule has 8 nitrogen and oxygen atoms in total. The van der Waals surface area contributed by atoms with E-state index < -0.39 is 51.9 Å². The highest BCUT2D eigenvalue weighted by Crippen LogP contribution is 2.37. The molecule has 0 spiro atoms. The van der Waals surface area contributed by atoms with Gasteiger partial charge in [0.2, 0.25) is 5.78 Å². The van der Waals surface area contributed by atoms with Crippen molar-refractivity contribution in [1.82, 2.24) is 0 Å². The molecule has 0 saturated heterocycles. The summed E-state index contributed by atoms with van der Waals surface area (Å²) in [6.45, 7) is 1.66. The molecule has 2 rings (SSSR count). The molecular formula is C20H15ClF3NO7. The molecule has 12 heteroatoms. The van der Waals surface area contributed by atoms with Crippen molar-refractivity contribution < 1.29 is 42.0 Å². The highest BCUT2D eigenvalue weighted by Gasteiger charge is 2.31.